The standard InChI is InChI=1S/C17H28N2OS/c1-14(13-21-3)19(2)10-11-20-17-8-4-15(5-9-17)12-18-16-6-7-16/h4-5,8-9,14,16,18H,6-7,10-13H2,1-3H3. The molecule has 1 saturated carbocycles. The molecule has 0 aromatic heterocycles. The van der Waals surface area contributed by atoms with Crippen LogP contribution in [0.25, 0.3) is 0 Å². The highest BCUT2D eigenvalue weighted by Gasteiger charge is 2.19. The monoisotopic (exact) mass is 308 g/mol. The Morgan fingerprint density at radius 2 is 2.05 bits per heavy atom. The fourth-order valence-corrected chi connectivity index (χ4v) is 2.89. The van der Waals surface area contributed by atoms with Crippen LogP contribution in [0.2, 0.25) is 0 Å². The van der Waals surface area contributed by atoms with Gasteiger partial charge in [0.15, 0.2) is 0 Å². The molecule has 1 aliphatic carbocycles. The molecule has 0 radical (unpaired) electrons. The average molecular weight is 308 g/mol. The van der Waals surface area contributed by atoms with Crippen LogP contribution in [0.3, 0.4) is 0 Å². The third-order valence-electron chi connectivity index (χ3n) is 3.97. The molecule has 21 heavy (non-hydrogen) atoms. The highest BCUT2D eigenvalue weighted by molar-refractivity contribution is 7.98. The Morgan fingerprint density at radius 3 is 2.67 bits per heavy atom. The van der Waals surface area contributed by atoms with Crippen LogP contribution in [0, 0.1) is 0 Å². The molecule has 3 nitrogen and oxygen atoms in total. The summed E-state index contributed by atoms with van der Waals surface area (Å²) >= 11 is 1.89. The van der Waals surface area contributed by atoms with Gasteiger partial charge in [-0.2, -0.15) is 11.8 Å². The summed E-state index contributed by atoms with van der Waals surface area (Å²) in [5, 5.41) is 3.53. The van der Waals surface area contributed by atoms with Gasteiger partial charge in [0.05, 0.1) is 0 Å². The quantitative estimate of drug-likeness (QED) is 0.718. The lowest BCUT2D eigenvalue weighted by molar-refractivity contribution is 0.210. The molecule has 4 heteroatoms. The van der Waals surface area contributed by atoms with Gasteiger partial charge in [0, 0.05) is 30.9 Å². The van der Waals surface area contributed by atoms with Crippen molar-refractivity contribution in [3.8, 4) is 5.75 Å². The number of likely N-dealkylation sites (N-methyl/N-ethyl adjacent to an activating group) is 1. The zero-order chi connectivity index (χ0) is 15.1. The minimum Gasteiger partial charge on any atom is -0.492 e. The number of benzene rings is 1. The number of thioether (sulfide) groups is 1. The second kappa shape index (κ2) is 8.66. The largest absolute Gasteiger partial charge is 0.492 e. The van der Waals surface area contributed by atoms with Crippen LogP contribution < -0.4 is 10.1 Å². The molecule has 0 heterocycles. The van der Waals surface area contributed by atoms with Crippen molar-refractivity contribution in [2.45, 2.75) is 38.4 Å². The summed E-state index contributed by atoms with van der Waals surface area (Å²) in [6.45, 7) is 4.94. The first-order valence-electron chi connectivity index (χ1n) is 7.83. The van der Waals surface area contributed by atoms with Gasteiger partial charge in [-0.25, -0.2) is 0 Å². The average Bonchev–Trinajstić information content (AvgIpc) is 3.31. The van der Waals surface area contributed by atoms with Crippen molar-refractivity contribution in [1.82, 2.24) is 10.2 Å². The Labute approximate surface area is 133 Å². The fourth-order valence-electron chi connectivity index (χ4n) is 2.15. The molecule has 0 bridgehead atoms. The van der Waals surface area contributed by atoms with Gasteiger partial charge in [0.2, 0.25) is 0 Å². The van der Waals surface area contributed by atoms with Gasteiger partial charge in [0.25, 0.3) is 0 Å². The Kier molecular flexibility index (Phi) is 6.87. The van der Waals surface area contributed by atoms with E-state index in [0.29, 0.717) is 6.04 Å². The van der Waals surface area contributed by atoms with Crippen molar-refractivity contribution in [1.29, 1.82) is 0 Å². The number of ether oxygens (including phenoxy) is 1. The van der Waals surface area contributed by atoms with E-state index in [0.717, 1.165) is 31.5 Å². The van der Waals surface area contributed by atoms with Crippen LogP contribution in [0.15, 0.2) is 24.3 Å². The fraction of sp³-hybridized carbons (Fsp3) is 0.647. The van der Waals surface area contributed by atoms with E-state index >= 15 is 0 Å². The summed E-state index contributed by atoms with van der Waals surface area (Å²) in [6.07, 6.45) is 4.83. The van der Waals surface area contributed by atoms with Crippen molar-refractivity contribution in [2.75, 3.05) is 32.2 Å². The molecular formula is C17H28N2OS. The van der Waals surface area contributed by atoms with E-state index in [9.17, 15) is 0 Å². The molecule has 0 aliphatic heterocycles. The molecule has 1 aliphatic rings. The Balaban J connectivity index is 1.65. The second-order valence-corrected chi connectivity index (χ2v) is 6.84. The van der Waals surface area contributed by atoms with Crippen molar-refractivity contribution >= 4 is 11.8 Å². The Morgan fingerprint density at radius 1 is 1.33 bits per heavy atom. The summed E-state index contributed by atoms with van der Waals surface area (Å²) in [5.41, 5.74) is 1.33. The van der Waals surface area contributed by atoms with Crippen molar-refractivity contribution in [3.63, 3.8) is 0 Å². The lowest BCUT2D eigenvalue weighted by Crippen LogP contribution is -2.34. The Bertz CT molecular complexity index is 406. The van der Waals surface area contributed by atoms with E-state index in [2.05, 4.69) is 54.7 Å². The summed E-state index contributed by atoms with van der Waals surface area (Å²) in [4.78, 5) is 2.35. The molecule has 1 aromatic carbocycles. The number of rotatable bonds is 10. The van der Waals surface area contributed by atoms with E-state index in [1.54, 1.807) is 0 Å². The molecule has 0 saturated heterocycles. The van der Waals surface area contributed by atoms with Gasteiger partial charge in [0.1, 0.15) is 12.4 Å². The third-order valence-corrected chi connectivity index (χ3v) is 4.78. The number of hydrogen-bond donors (Lipinski definition) is 1. The minimum atomic E-state index is 0.597. The van der Waals surface area contributed by atoms with Crippen LogP contribution in [0.1, 0.15) is 25.3 Å². The minimum absolute atomic E-state index is 0.597. The summed E-state index contributed by atoms with van der Waals surface area (Å²) in [5.74, 6) is 2.13. The lowest BCUT2D eigenvalue weighted by atomic mass is 10.2. The van der Waals surface area contributed by atoms with Crippen molar-refractivity contribution in [2.24, 2.45) is 0 Å². The Hall–Kier alpha value is -0.710. The van der Waals surface area contributed by atoms with E-state index in [4.69, 9.17) is 4.74 Å². The summed E-state index contributed by atoms with van der Waals surface area (Å²) in [7, 11) is 2.16. The molecule has 1 unspecified atom stereocenters. The maximum absolute atomic E-state index is 5.83. The topological polar surface area (TPSA) is 24.5 Å². The van der Waals surface area contributed by atoms with Crippen molar-refractivity contribution in [3.05, 3.63) is 29.8 Å². The summed E-state index contributed by atoms with van der Waals surface area (Å²) < 4.78 is 5.83. The number of nitrogens with one attached hydrogen (secondary N) is 1. The highest BCUT2D eigenvalue weighted by atomic mass is 32.2. The zero-order valence-corrected chi connectivity index (χ0v) is 14.3. The van der Waals surface area contributed by atoms with Gasteiger partial charge in [-0.15, -0.1) is 0 Å². The molecule has 1 aromatic rings. The SMILES string of the molecule is CSCC(C)N(C)CCOc1ccc(CNC2CC2)cc1. The smallest absolute Gasteiger partial charge is 0.119 e. The predicted octanol–water partition coefficient (Wildman–Crippen LogP) is 3.00. The number of nitrogens with zero attached hydrogens (tertiary/aromatic N) is 1. The molecular weight excluding hydrogens is 280 g/mol. The molecule has 2 rings (SSSR count). The highest BCUT2D eigenvalue weighted by Crippen LogP contribution is 2.20. The first-order valence-corrected chi connectivity index (χ1v) is 9.22. The first-order chi connectivity index (χ1) is 10.2. The zero-order valence-electron chi connectivity index (χ0n) is 13.5. The van der Waals surface area contributed by atoms with E-state index < -0.39 is 0 Å². The van der Waals surface area contributed by atoms with Crippen LogP contribution in [-0.4, -0.2) is 49.2 Å². The number of hydrogen-bond acceptors (Lipinski definition) is 4. The molecule has 0 spiro atoms. The van der Waals surface area contributed by atoms with Crippen LogP contribution in [0.5, 0.6) is 5.75 Å². The molecule has 0 amide bonds. The van der Waals surface area contributed by atoms with Gasteiger partial charge >= 0.3 is 0 Å². The van der Waals surface area contributed by atoms with E-state index in [-0.39, 0.29) is 0 Å². The normalized spacial score (nSPS) is 16.2. The maximum atomic E-state index is 5.83. The second-order valence-electron chi connectivity index (χ2n) is 5.93. The van der Waals surface area contributed by atoms with E-state index in [1.807, 2.05) is 11.8 Å². The van der Waals surface area contributed by atoms with E-state index in [1.165, 1.54) is 24.2 Å². The van der Waals surface area contributed by atoms with Gasteiger partial charge in [-0.1, -0.05) is 12.1 Å². The predicted molar refractivity (Wildman–Crippen MR) is 92.3 cm³/mol. The molecule has 118 valence electrons. The van der Waals surface area contributed by atoms with Crippen LogP contribution in [0.4, 0.5) is 0 Å². The van der Waals surface area contributed by atoms with Crippen LogP contribution in [-0.2, 0) is 6.54 Å². The lowest BCUT2D eigenvalue weighted by Gasteiger charge is -2.23. The summed E-state index contributed by atoms with van der Waals surface area (Å²) in [6, 6.07) is 9.83. The first kappa shape index (κ1) is 16.7. The molecule has 1 N–H and O–H groups in total. The van der Waals surface area contributed by atoms with Gasteiger partial charge < -0.3 is 10.1 Å². The maximum Gasteiger partial charge on any atom is 0.119 e. The molecule has 1 atom stereocenters. The van der Waals surface area contributed by atoms with Crippen LogP contribution >= 0.6 is 11.8 Å². The van der Waals surface area contributed by atoms with Gasteiger partial charge in [-0.05, 0) is 50.8 Å². The third kappa shape index (κ3) is 6.29. The molecule has 1 fully saturated rings. The van der Waals surface area contributed by atoms with Crippen molar-refractivity contribution < 1.29 is 4.74 Å². The van der Waals surface area contributed by atoms with Gasteiger partial charge in [-0.3, -0.25) is 4.90 Å².